The Balaban J connectivity index is 0.000000750. The molecule has 0 radical (unpaired) electrons. The van der Waals surface area contributed by atoms with E-state index in [2.05, 4.69) is 21.0 Å². The van der Waals surface area contributed by atoms with Gasteiger partial charge in [-0.2, -0.15) is 0 Å². The van der Waals surface area contributed by atoms with Crippen LogP contribution in [0, 0.1) is 13.8 Å². The van der Waals surface area contributed by atoms with E-state index >= 15 is 0 Å². The van der Waals surface area contributed by atoms with Crippen LogP contribution in [0.2, 0.25) is 0 Å². The van der Waals surface area contributed by atoms with Crippen LogP contribution in [-0.4, -0.2) is 45.3 Å². The topological polar surface area (TPSA) is 178 Å². The molecule has 0 spiro atoms. The number of ketones is 2. The molecule has 0 aliphatic rings. The number of hydrogen-bond donors (Lipinski definition) is 4. The monoisotopic (exact) mass is 550 g/mol. The maximum Gasteiger partial charge on any atom is 0.408 e. The number of anilines is 2. The number of amides is 1. The lowest BCUT2D eigenvalue weighted by molar-refractivity contribution is -0.397. The standard InChI is InChI=1S/C16H25N3O3.C11H17N3O.ClH/c1-10-12(7-9-14(17)18-10)6-8-13(20)11(2)19-15(21)22-16(3,4)5;1-7(12)10(15)5-3-9-4-6-11(13)14-8(9)2;/h7,9,11H,6,8H2,1-5H3,(H2,17,18)(H,19,21);4,6-7H,3,5,12H2,1-2H3,(H2,13,14);1H/t11-;7-;/m00./s1. The normalized spacial score (nSPS) is 12.2. The Morgan fingerprint density at radius 1 is 0.895 bits per heavy atom. The van der Waals surface area contributed by atoms with Gasteiger partial charge in [-0.3, -0.25) is 9.59 Å². The van der Waals surface area contributed by atoms with Gasteiger partial charge in [0.25, 0.3) is 0 Å². The molecule has 0 fully saturated rings. The van der Waals surface area contributed by atoms with Crippen LogP contribution in [0.3, 0.4) is 0 Å². The molecule has 0 aliphatic heterocycles. The number of hydrogen-bond acceptors (Lipinski definition) is 8. The summed E-state index contributed by atoms with van der Waals surface area (Å²) < 4.78 is 5.13. The molecule has 2 rings (SSSR count). The third-order valence-electron chi connectivity index (χ3n) is 5.48. The highest BCUT2D eigenvalue weighted by molar-refractivity contribution is 5.87. The minimum absolute atomic E-state index is 0. The van der Waals surface area contributed by atoms with Crippen molar-refractivity contribution in [2.24, 2.45) is 0 Å². The molecule has 11 heteroatoms. The van der Waals surface area contributed by atoms with E-state index in [4.69, 9.17) is 16.2 Å². The van der Waals surface area contributed by atoms with E-state index in [1.165, 1.54) is 0 Å². The smallest absolute Gasteiger partial charge is 0.408 e. The predicted octanol–water partition coefficient (Wildman–Crippen LogP) is -0.505. The molecule has 2 aromatic rings. The van der Waals surface area contributed by atoms with Gasteiger partial charge >= 0.3 is 6.09 Å². The number of carbonyl (C=O) groups excluding carboxylic acids is 3. The third-order valence-corrected chi connectivity index (χ3v) is 5.48. The minimum atomic E-state index is -0.586. The van der Waals surface area contributed by atoms with Crippen molar-refractivity contribution in [3.05, 3.63) is 46.8 Å². The second-order valence-corrected chi connectivity index (χ2v) is 10.2. The van der Waals surface area contributed by atoms with Gasteiger partial charge < -0.3 is 39.7 Å². The lowest BCUT2D eigenvalue weighted by Crippen LogP contribution is -3.00. The number of aromatic nitrogens is 2. The molecular weight excluding hydrogens is 508 g/mol. The summed E-state index contributed by atoms with van der Waals surface area (Å²) in [4.78, 5) is 43.4. The van der Waals surface area contributed by atoms with E-state index in [9.17, 15) is 14.4 Å². The molecule has 8 N–H and O–H groups in total. The predicted molar refractivity (Wildman–Crippen MR) is 145 cm³/mol. The first kappa shape index (κ1) is 34.8. The summed E-state index contributed by atoms with van der Waals surface area (Å²) in [6.45, 7) is 12.6. The minimum Gasteiger partial charge on any atom is -1.00 e. The largest absolute Gasteiger partial charge is 1.00 e. The van der Waals surface area contributed by atoms with Crippen molar-refractivity contribution in [1.82, 2.24) is 15.3 Å². The Hall–Kier alpha value is -3.24. The van der Waals surface area contributed by atoms with Crippen molar-refractivity contribution in [2.75, 3.05) is 11.5 Å². The van der Waals surface area contributed by atoms with Gasteiger partial charge in [0, 0.05) is 24.2 Å². The molecule has 2 heterocycles. The second kappa shape index (κ2) is 15.9. The Kier molecular flexibility index (Phi) is 14.5. The zero-order valence-corrected chi connectivity index (χ0v) is 24.3. The van der Waals surface area contributed by atoms with Crippen LogP contribution in [0.4, 0.5) is 16.4 Å². The molecule has 1 amide bonds. The van der Waals surface area contributed by atoms with Crippen molar-refractivity contribution < 1.29 is 37.3 Å². The van der Waals surface area contributed by atoms with E-state index in [1.807, 2.05) is 32.9 Å². The quantitative estimate of drug-likeness (QED) is 0.322. The summed E-state index contributed by atoms with van der Waals surface area (Å²) in [6.07, 6.45) is 1.55. The molecule has 0 bridgehead atoms. The number of nitrogens with two attached hydrogens (primary N) is 2. The van der Waals surface area contributed by atoms with E-state index in [1.54, 1.807) is 39.8 Å². The van der Waals surface area contributed by atoms with Crippen LogP contribution >= 0.6 is 0 Å². The number of ether oxygens (including phenoxy) is 1. The molecular formula is C27H43ClN6O4. The lowest BCUT2D eigenvalue weighted by atomic mass is 10.0. The fourth-order valence-corrected chi connectivity index (χ4v) is 3.29. The van der Waals surface area contributed by atoms with Crippen LogP contribution in [-0.2, 0) is 27.2 Å². The summed E-state index contributed by atoms with van der Waals surface area (Å²) in [5, 5.41) is 2.55. The van der Waals surface area contributed by atoms with Crippen LogP contribution in [0.25, 0.3) is 0 Å². The fourth-order valence-electron chi connectivity index (χ4n) is 3.29. The molecule has 0 aromatic carbocycles. The summed E-state index contributed by atoms with van der Waals surface area (Å²) >= 11 is 0. The maximum absolute atomic E-state index is 12.1. The summed E-state index contributed by atoms with van der Waals surface area (Å²) in [5.41, 5.74) is 18.0. The highest BCUT2D eigenvalue weighted by Crippen LogP contribution is 2.12. The van der Waals surface area contributed by atoms with Gasteiger partial charge in [0.2, 0.25) is 0 Å². The lowest BCUT2D eigenvalue weighted by Gasteiger charge is -2.21. The first-order valence-electron chi connectivity index (χ1n) is 12.4. The number of nitrogen functional groups attached to an aromatic ring is 2. The molecule has 0 aliphatic carbocycles. The molecule has 0 saturated carbocycles. The number of aryl methyl sites for hydroxylation is 4. The van der Waals surface area contributed by atoms with Gasteiger partial charge in [0.05, 0.1) is 6.04 Å². The van der Waals surface area contributed by atoms with Crippen molar-refractivity contribution in [3.63, 3.8) is 0 Å². The number of rotatable bonds is 9. The summed E-state index contributed by atoms with van der Waals surface area (Å²) in [5.74, 6) is 1.12. The van der Waals surface area contributed by atoms with Crippen LogP contribution in [0.15, 0.2) is 24.3 Å². The zero-order valence-electron chi connectivity index (χ0n) is 23.6. The zero-order chi connectivity index (χ0) is 28.3. The highest BCUT2D eigenvalue weighted by atomic mass is 35.5. The average molecular weight is 551 g/mol. The number of carbonyl (C=O) groups is 3. The second-order valence-electron chi connectivity index (χ2n) is 10.2. The van der Waals surface area contributed by atoms with E-state index in [0.29, 0.717) is 30.9 Å². The van der Waals surface area contributed by atoms with Crippen LogP contribution in [0.1, 0.15) is 70.0 Å². The maximum atomic E-state index is 12.1. The first-order chi connectivity index (χ1) is 17.1. The van der Waals surface area contributed by atoms with Crippen LogP contribution < -0.4 is 34.9 Å². The number of nitrogens with one attached hydrogen (secondary N) is 1. The Bertz CT molecular complexity index is 1090. The number of nitrogens with zero attached hydrogens (tertiary/aromatic N) is 2. The van der Waals surface area contributed by atoms with E-state index < -0.39 is 17.7 Å². The fraction of sp³-hybridized carbons (Fsp3) is 0.519. The van der Waals surface area contributed by atoms with E-state index in [-0.39, 0.29) is 30.0 Å². The highest BCUT2D eigenvalue weighted by Gasteiger charge is 2.21. The molecule has 2 aromatic heterocycles. The number of Topliss-reactive ketones (excluding diaryl/α,β-unsaturated/α-hetero) is 2. The van der Waals surface area contributed by atoms with Crippen molar-refractivity contribution in [3.8, 4) is 0 Å². The van der Waals surface area contributed by atoms with Gasteiger partial charge in [-0.25, -0.2) is 14.8 Å². The molecule has 10 nitrogen and oxygen atoms in total. The van der Waals surface area contributed by atoms with Crippen molar-refractivity contribution in [2.45, 2.75) is 91.8 Å². The van der Waals surface area contributed by atoms with E-state index in [0.717, 1.165) is 28.9 Å². The Morgan fingerprint density at radius 2 is 1.32 bits per heavy atom. The molecule has 212 valence electrons. The Labute approximate surface area is 231 Å². The van der Waals surface area contributed by atoms with Gasteiger partial charge in [0.1, 0.15) is 23.3 Å². The Morgan fingerprint density at radius 3 is 1.68 bits per heavy atom. The van der Waals surface area contributed by atoms with Gasteiger partial charge in [-0.1, -0.05) is 12.1 Å². The number of alkyl carbamates (subject to hydrolysis) is 1. The molecule has 0 saturated heterocycles. The number of quaternary nitrogens is 1. The SMILES string of the molecule is Cc1nc(N)ccc1CCC(=O)[C@H](C)NC(=O)OC(C)(C)C.Cc1nc(N)ccc1CCC(=O)[C@H](C)[NH3+].[Cl-]. The number of pyridine rings is 2. The molecule has 0 unspecified atom stereocenters. The van der Waals surface area contributed by atoms with Crippen molar-refractivity contribution >= 4 is 29.3 Å². The van der Waals surface area contributed by atoms with Crippen molar-refractivity contribution in [1.29, 1.82) is 0 Å². The van der Waals surface area contributed by atoms with Gasteiger partial charge in [-0.05, 0) is 84.6 Å². The first-order valence-corrected chi connectivity index (χ1v) is 12.4. The third kappa shape index (κ3) is 13.3. The van der Waals surface area contributed by atoms with Gasteiger partial charge in [0.15, 0.2) is 11.6 Å². The molecule has 38 heavy (non-hydrogen) atoms. The average Bonchev–Trinajstić information content (AvgIpc) is 2.76. The number of halogens is 1. The summed E-state index contributed by atoms with van der Waals surface area (Å²) in [6, 6.07) is 6.56. The summed E-state index contributed by atoms with van der Waals surface area (Å²) in [7, 11) is 0. The van der Waals surface area contributed by atoms with Crippen LogP contribution in [0.5, 0.6) is 0 Å². The van der Waals surface area contributed by atoms with Gasteiger partial charge in [-0.15, -0.1) is 0 Å². The molecule has 2 atom stereocenters.